The van der Waals surface area contributed by atoms with Crippen molar-refractivity contribution in [3.05, 3.63) is 89.4 Å². The first-order chi connectivity index (χ1) is 15.8. The Hall–Kier alpha value is -3.68. The second-order valence-electron chi connectivity index (χ2n) is 7.93. The van der Waals surface area contributed by atoms with Crippen molar-refractivity contribution in [1.82, 2.24) is 14.5 Å². The van der Waals surface area contributed by atoms with Crippen molar-refractivity contribution in [2.75, 3.05) is 5.32 Å². The third-order valence-corrected chi connectivity index (χ3v) is 5.32. The molecule has 0 saturated carbocycles. The fraction of sp³-hybridized carbons (Fsp3) is 0.240. The average molecular weight is 452 g/mol. The SMILES string of the molecule is Cc1ccc(Cn2c(CCCC(=O)Nc3cccc(C(F)(F)F)c3)nc3cccnc32)cc1. The number of imidazole rings is 1. The van der Waals surface area contributed by atoms with E-state index in [-0.39, 0.29) is 18.0 Å². The zero-order chi connectivity index (χ0) is 23.4. The molecule has 2 aromatic heterocycles. The van der Waals surface area contributed by atoms with Crippen LogP contribution in [0.15, 0.2) is 66.9 Å². The molecule has 0 fully saturated rings. The van der Waals surface area contributed by atoms with Crippen LogP contribution in [0.2, 0.25) is 0 Å². The van der Waals surface area contributed by atoms with Crippen LogP contribution in [0.4, 0.5) is 18.9 Å². The number of rotatable bonds is 7. The summed E-state index contributed by atoms with van der Waals surface area (Å²) in [6, 6.07) is 16.6. The maximum atomic E-state index is 12.9. The molecule has 0 spiro atoms. The van der Waals surface area contributed by atoms with Crippen LogP contribution in [-0.4, -0.2) is 20.4 Å². The molecule has 0 atom stereocenters. The molecular formula is C25H23F3N4O. The summed E-state index contributed by atoms with van der Waals surface area (Å²) in [5.41, 5.74) is 3.20. The standard InChI is InChI=1S/C25H23F3N4O/c1-17-10-12-18(13-11-17)16-32-22(31-21-7-4-14-29-24(21)32)8-3-9-23(33)30-20-6-2-5-19(15-20)25(26,27)28/h2,4-7,10-15H,3,8-9,16H2,1H3,(H,30,33). The molecule has 0 aliphatic heterocycles. The average Bonchev–Trinajstić information content (AvgIpc) is 3.12. The Kier molecular flexibility index (Phi) is 6.44. The Morgan fingerprint density at radius 2 is 1.85 bits per heavy atom. The van der Waals surface area contributed by atoms with Crippen LogP contribution in [0.1, 0.15) is 35.4 Å². The summed E-state index contributed by atoms with van der Waals surface area (Å²) in [4.78, 5) is 21.5. The molecule has 2 aromatic carbocycles. The molecule has 0 saturated heterocycles. The molecule has 0 aliphatic rings. The number of hydrogen-bond donors (Lipinski definition) is 1. The van der Waals surface area contributed by atoms with Gasteiger partial charge in [0, 0.05) is 24.7 Å². The van der Waals surface area contributed by atoms with E-state index >= 15 is 0 Å². The number of halogens is 3. The van der Waals surface area contributed by atoms with Crippen LogP contribution in [0.25, 0.3) is 11.2 Å². The van der Waals surface area contributed by atoms with E-state index in [4.69, 9.17) is 0 Å². The number of fused-ring (bicyclic) bond motifs is 1. The van der Waals surface area contributed by atoms with E-state index in [0.717, 1.165) is 34.7 Å². The summed E-state index contributed by atoms with van der Waals surface area (Å²) < 4.78 is 40.7. The van der Waals surface area contributed by atoms with Crippen LogP contribution in [0, 0.1) is 6.92 Å². The summed E-state index contributed by atoms with van der Waals surface area (Å²) in [5, 5.41) is 2.55. The lowest BCUT2D eigenvalue weighted by Crippen LogP contribution is -2.13. The number of amides is 1. The molecule has 0 radical (unpaired) electrons. The number of nitrogens with zero attached hydrogens (tertiary/aromatic N) is 3. The second-order valence-corrected chi connectivity index (χ2v) is 7.93. The van der Waals surface area contributed by atoms with Crippen LogP contribution in [-0.2, 0) is 23.9 Å². The number of benzene rings is 2. The lowest BCUT2D eigenvalue weighted by Gasteiger charge is -2.11. The van der Waals surface area contributed by atoms with Crippen molar-refractivity contribution in [2.45, 2.75) is 38.9 Å². The molecule has 5 nitrogen and oxygen atoms in total. The van der Waals surface area contributed by atoms with E-state index in [1.54, 1.807) is 6.20 Å². The van der Waals surface area contributed by atoms with E-state index in [9.17, 15) is 18.0 Å². The Labute approximate surface area is 189 Å². The fourth-order valence-corrected chi connectivity index (χ4v) is 3.64. The van der Waals surface area contributed by atoms with Crippen LogP contribution >= 0.6 is 0 Å². The number of carbonyl (C=O) groups is 1. The molecular weight excluding hydrogens is 429 g/mol. The van der Waals surface area contributed by atoms with Gasteiger partial charge in [0.15, 0.2) is 5.65 Å². The van der Waals surface area contributed by atoms with Crippen molar-refractivity contribution in [2.24, 2.45) is 0 Å². The summed E-state index contributed by atoms with van der Waals surface area (Å²) >= 11 is 0. The van der Waals surface area contributed by atoms with Crippen molar-refractivity contribution < 1.29 is 18.0 Å². The summed E-state index contributed by atoms with van der Waals surface area (Å²) in [5.74, 6) is 0.477. The van der Waals surface area contributed by atoms with Gasteiger partial charge < -0.3 is 9.88 Å². The normalized spacial score (nSPS) is 11.6. The number of hydrogen-bond acceptors (Lipinski definition) is 3. The first kappa shape index (κ1) is 22.5. The van der Waals surface area contributed by atoms with Crippen LogP contribution in [0.5, 0.6) is 0 Å². The van der Waals surface area contributed by atoms with Gasteiger partial charge in [0.1, 0.15) is 11.3 Å². The Morgan fingerprint density at radius 3 is 2.61 bits per heavy atom. The van der Waals surface area contributed by atoms with Gasteiger partial charge in [-0.1, -0.05) is 35.9 Å². The first-order valence-corrected chi connectivity index (χ1v) is 10.6. The minimum Gasteiger partial charge on any atom is -0.326 e. The quantitative estimate of drug-likeness (QED) is 0.387. The van der Waals surface area contributed by atoms with Gasteiger partial charge in [-0.05, 0) is 49.2 Å². The number of carbonyl (C=O) groups excluding carboxylic acids is 1. The molecule has 4 rings (SSSR count). The Morgan fingerprint density at radius 1 is 1.06 bits per heavy atom. The maximum Gasteiger partial charge on any atom is 0.416 e. The van der Waals surface area contributed by atoms with E-state index in [2.05, 4.69) is 39.6 Å². The summed E-state index contributed by atoms with van der Waals surface area (Å²) in [7, 11) is 0. The molecule has 33 heavy (non-hydrogen) atoms. The van der Waals surface area contributed by atoms with Crippen molar-refractivity contribution in [1.29, 1.82) is 0 Å². The first-order valence-electron chi connectivity index (χ1n) is 10.6. The van der Waals surface area contributed by atoms with Gasteiger partial charge >= 0.3 is 6.18 Å². The number of alkyl halides is 3. The summed E-state index contributed by atoms with van der Waals surface area (Å²) in [6.07, 6.45) is -1.52. The highest BCUT2D eigenvalue weighted by molar-refractivity contribution is 5.90. The molecule has 4 aromatic rings. The van der Waals surface area contributed by atoms with Gasteiger partial charge in [0.05, 0.1) is 12.1 Å². The van der Waals surface area contributed by atoms with Gasteiger partial charge in [0.25, 0.3) is 0 Å². The predicted octanol–water partition coefficient (Wildman–Crippen LogP) is 5.77. The van der Waals surface area contributed by atoms with Crippen molar-refractivity contribution >= 4 is 22.8 Å². The van der Waals surface area contributed by atoms with Crippen molar-refractivity contribution in [3.8, 4) is 0 Å². The Balaban J connectivity index is 1.43. The number of aromatic nitrogens is 3. The number of nitrogens with one attached hydrogen (secondary N) is 1. The van der Waals surface area contributed by atoms with E-state index in [0.29, 0.717) is 19.4 Å². The molecule has 0 unspecified atom stereocenters. The van der Waals surface area contributed by atoms with Gasteiger partial charge in [0.2, 0.25) is 5.91 Å². The Bertz CT molecular complexity index is 1260. The molecule has 0 bridgehead atoms. The second kappa shape index (κ2) is 9.44. The highest BCUT2D eigenvalue weighted by Gasteiger charge is 2.30. The zero-order valence-electron chi connectivity index (χ0n) is 18.1. The topological polar surface area (TPSA) is 59.8 Å². The molecule has 170 valence electrons. The highest BCUT2D eigenvalue weighted by Crippen LogP contribution is 2.30. The lowest BCUT2D eigenvalue weighted by molar-refractivity contribution is -0.137. The number of pyridine rings is 1. The lowest BCUT2D eigenvalue weighted by atomic mass is 10.1. The molecule has 1 N–H and O–H groups in total. The molecule has 2 heterocycles. The fourth-order valence-electron chi connectivity index (χ4n) is 3.64. The van der Waals surface area contributed by atoms with Crippen LogP contribution in [0.3, 0.4) is 0 Å². The van der Waals surface area contributed by atoms with E-state index in [1.807, 2.05) is 23.6 Å². The van der Waals surface area contributed by atoms with Crippen LogP contribution < -0.4 is 5.32 Å². The minimum atomic E-state index is -4.45. The van der Waals surface area contributed by atoms with Crippen molar-refractivity contribution in [3.63, 3.8) is 0 Å². The van der Waals surface area contributed by atoms with E-state index in [1.165, 1.54) is 17.7 Å². The molecule has 8 heteroatoms. The predicted molar refractivity (Wildman–Crippen MR) is 121 cm³/mol. The largest absolute Gasteiger partial charge is 0.416 e. The molecule has 1 amide bonds. The third-order valence-electron chi connectivity index (χ3n) is 5.32. The van der Waals surface area contributed by atoms with Gasteiger partial charge in [-0.3, -0.25) is 4.79 Å². The monoisotopic (exact) mass is 452 g/mol. The van der Waals surface area contributed by atoms with Gasteiger partial charge in [-0.2, -0.15) is 13.2 Å². The minimum absolute atomic E-state index is 0.130. The molecule has 0 aliphatic carbocycles. The third kappa shape index (κ3) is 5.58. The number of aryl methyl sites for hydroxylation is 2. The van der Waals surface area contributed by atoms with E-state index < -0.39 is 11.7 Å². The zero-order valence-corrected chi connectivity index (χ0v) is 18.1. The van der Waals surface area contributed by atoms with Gasteiger partial charge in [-0.25, -0.2) is 9.97 Å². The summed E-state index contributed by atoms with van der Waals surface area (Å²) in [6.45, 7) is 2.65. The maximum absolute atomic E-state index is 12.9. The number of anilines is 1. The smallest absolute Gasteiger partial charge is 0.326 e. The van der Waals surface area contributed by atoms with Gasteiger partial charge in [-0.15, -0.1) is 0 Å². The highest BCUT2D eigenvalue weighted by atomic mass is 19.4.